The van der Waals surface area contributed by atoms with Crippen LogP contribution >= 0.6 is 12.6 Å². The van der Waals surface area contributed by atoms with E-state index in [1.54, 1.807) is 7.11 Å². The van der Waals surface area contributed by atoms with Gasteiger partial charge in [0.05, 0.1) is 23.8 Å². The van der Waals surface area contributed by atoms with Crippen molar-refractivity contribution in [2.75, 3.05) is 7.11 Å². The summed E-state index contributed by atoms with van der Waals surface area (Å²) in [5, 5.41) is 12.0. The van der Waals surface area contributed by atoms with Crippen LogP contribution in [0.4, 0.5) is 0 Å². The standard InChI is InChI=1S/C13H12N2O2S/c1-17-9-4-2-8(3-5-9)10-6-12(16)15-13(18)11(10)7-14/h2-5,10,18H,6H2,1H3,(H,15,16). The third-order valence-corrected chi connectivity index (χ3v) is 3.24. The number of hydrogen-bond donors (Lipinski definition) is 2. The number of ether oxygens (including phenoxy) is 1. The number of allylic oxidation sites excluding steroid dienone is 1. The number of carbonyl (C=O) groups excluding carboxylic acids is 1. The Bertz CT molecular complexity index is 543. The highest BCUT2D eigenvalue weighted by Gasteiger charge is 2.27. The molecule has 1 aliphatic rings. The van der Waals surface area contributed by atoms with Crippen molar-refractivity contribution in [1.29, 1.82) is 5.26 Å². The fraction of sp³-hybridized carbons (Fsp3) is 0.231. The van der Waals surface area contributed by atoms with E-state index < -0.39 is 0 Å². The molecule has 1 atom stereocenters. The van der Waals surface area contributed by atoms with Gasteiger partial charge in [0.1, 0.15) is 5.75 Å². The minimum Gasteiger partial charge on any atom is -0.497 e. The first-order valence-electron chi connectivity index (χ1n) is 5.42. The summed E-state index contributed by atoms with van der Waals surface area (Å²) in [4.78, 5) is 11.5. The molecule has 0 bridgehead atoms. The van der Waals surface area contributed by atoms with Crippen molar-refractivity contribution in [3.8, 4) is 11.8 Å². The van der Waals surface area contributed by atoms with Gasteiger partial charge < -0.3 is 10.1 Å². The summed E-state index contributed by atoms with van der Waals surface area (Å²) in [6, 6.07) is 9.46. The average Bonchev–Trinajstić information content (AvgIpc) is 2.38. The molecule has 0 saturated heterocycles. The molecule has 0 spiro atoms. The van der Waals surface area contributed by atoms with Crippen molar-refractivity contribution in [3.05, 3.63) is 40.4 Å². The van der Waals surface area contributed by atoms with Gasteiger partial charge in [-0.1, -0.05) is 12.1 Å². The Labute approximate surface area is 111 Å². The molecule has 0 aromatic heterocycles. The van der Waals surface area contributed by atoms with E-state index in [2.05, 4.69) is 24.0 Å². The second-order valence-electron chi connectivity index (χ2n) is 3.95. The second-order valence-corrected chi connectivity index (χ2v) is 4.40. The van der Waals surface area contributed by atoms with Crippen molar-refractivity contribution in [2.45, 2.75) is 12.3 Å². The number of nitrogens with zero attached hydrogens (tertiary/aromatic N) is 1. The summed E-state index contributed by atoms with van der Waals surface area (Å²) in [7, 11) is 1.59. The number of thiol groups is 1. The van der Waals surface area contributed by atoms with Crippen LogP contribution in [0.3, 0.4) is 0 Å². The highest BCUT2D eigenvalue weighted by molar-refractivity contribution is 7.84. The molecule has 1 aromatic carbocycles. The number of benzene rings is 1. The summed E-state index contributed by atoms with van der Waals surface area (Å²) in [6.07, 6.45) is 0.263. The SMILES string of the molecule is COc1ccc(C2CC(=O)NC(S)=C2C#N)cc1. The van der Waals surface area contributed by atoms with Gasteiger partial charge in [0.2, 0.25) is 5.91 Å². The summed E-state index contributed by atoms with van der Waals surface area (Å²) in [5.74, 6) is 0.384. The minimum absolute atomic E-state index is 0.125. The number of carbonyl (C=O) groups is 1. The number of nitrogens with one attached hydrogen (secondary N) is 1. The normalized spacial score (nSPS) is 19.2. The van der Waals surface area contributed by atoms with Crippen LogP contribution < -0.4 is 10.1 Å². The highest BCUT2D eigenvalue weighted by Crippen LogP contribution is 2.33. The molecule has 0 aliphatic carbocycles. The van der Waals surface area contributed by atoms with Crippen molar-refractivity contribution in [1.82, 2.24) is 5.32 Å². The fourth-order valence-electron chi connectivity index (χ4n) is 1.95. The zero-order valence-electron chi connectivity index (χ0n) is 9.80. The van der Waals surface area contributed by atoms with E-state index in [1.807, 2.05) is 24.3 Å². The van der Waals surface area contributed by atoms with Crippen LogP contribution in [0.1, 0.15) is 17.9 Å². The third-order valence-electron chi connectivity index (χ3n) is 2.89. The summed E-state index contributed by atoms with van der Waals surface area (Å²) in [5.41, 5.74) is 1.40. The molecular formula is C13H12N2O2S. The van der Waals surface area contributed by atoms with Crippen LogP contribution in [0.15, 0.2) is 34.9 Å². The lowest BCUT2D eigenvalue weighted by Gasteiger charge is -2.23. The van der Waals surface area contributed by atoms with Gasteiger partial charge in [-0.15, -0.1) is 12.6 Å². The lowest BCUT2D eigenvalue weighted by molar-refractivity contribution is -0.120. The molecule has 4 nitrogen and oxygen atoms in total. The van der Waals surface area contributed by atoms with E-state index in [0.717, 1.165) is 11.3 Å². The molecule has 0 radical (unpaired) electrons. The van der Waals surface area contributed by atoms with Crippen molar-refractivity contribution < 1.29 is 9.53 Å². The Kier molecular flexibility index (Phi) is 3.58. The Morgan fingerprint density at radius 1 is 1.44 bits per heavy atom. The molecule has 1 unspecified atom stereocenters. The van der Waals surface area contributed by atoms with Crippen LogP contribution in [-0.2, 0) is 4.79 Å². The Balaban J connectivity index is 2.38. The molecule has 1 amide bonds. The first-order valence-corrected chi connectivity index (χ1v) is 5.87. The topological polar surface area (TPSA) is 62.1 Å². The van der Waals surface area contributed by atoms with Gasteiger partial charge >= 0.3 is 0 Å². The second kappa shape index (κ2) is 5.15. The summed E-state index contributed by atoms with van der Waals surface area (Å²) < 4.78 is 5.08. The number of amides is 1. The number of rotatable bonds is 2. The van der Waals surface area contributed by atoms with Crippen LogP contribution in [-0.4, -0.2) is 13.0 Å². The van der Waals surface area contributed by atoms with Crippen molar-refractivity contribution in [2.24, 2.45) is 0 Å². The lowest BCUT2D eigenvalue weighted by atomic mass is 9.87. The van der Waals surface area contributed by atoms with Crippen LogP contribution in [0.2, 0.25) is 0 Å². The van der Waals surface area contributed by atoms with Gasteiger partial charge in [0.25, 0.3) is 0 Å². The van der Waals surface area contributed by atoms with E-state index in [-0.39, 0.29) is 18.2 Å². The fourth-order valence-corrected chi connectivity index (χ4v) is 2.29. The van der Waals surface area contributed by atoms with Crippen molar-refractivity contribution in [3.63, 3.8) is 0 Å². The Morgan fingerprint density at radius 3 is 2.67 bits per heavy atom. The predicted molar refractivity (Wildman–Crippen MR) is 70.1 cm³/mol. The van der Waals surface area contributed by atoms with Gasteiger partial charge in [-0.2, -0.15) is 5.26 Å². The zero-order valence-corrected chi connectivity index (χ0v) is 10.7. The molecule has 5 heteroatoms. The van der Waals surface area contributed by atoms with Gasteiger partial charge in [-0.25, -0.2) is 0 Å². The molecule has 0 fully saturated rings. The third kappa shape index (κ3) is 2.34. The van der Waals surface area contributed by atoms with E-state index in [4.69, 9.17) is 10.00 Å². The van der Waals surface area contributed by atoms with Gasteiger partial charge in [-0.3, -0.25) is 4.79 Å². The smallest absolute Gasteiger partial charge is 0.225 e. The lowest BCUT2D eigenvalue weighted by Crippen LogP contribution is -2.29. The average molecular weight is 260 g/mol. The van der Waals surface area contributed by atoms with E-state index in [0.29, 0.717) is 10.6 Å². The minimum atomic E-state index is -0.234. The first kappa shape index (κ1) is 12.5. The number of hydrogen-bond acceptors (Lipinski definition) is 4. The van der Waals surface area contributed by atoms with Gasteiger partial charge in [0.15, 0.2) is 0 Å². The highest BCUT2D eigenvalue weighted by atomic mass is 32.1. The van der Waals surface area contributed by atoms with E-state index in [1.165, 1.54) is 0 Å². The largest absolute Gasteiger partial charge is 0.497 e. The molecular weight excluding hydrogens is 248 g/mol. The van der Waals surface area contributed by atoms with Crippen LogP contribution in [0.5, 0.6) is 5.75 Å². The Morgan fingerprint density at radius 2 is 2.11 bits per heavy atom. The maximum atomic E-state index is 11.5. The molecule has 0 saturated carbocycles. The molecule has 1 aromatic rings. The number of methoxy groups -OCH3 is 1. The molecule has 18 heavy (non-hydrogen) atoms. The maximum absolute atomic E-state index is 11.5. The van der Waals surface area contributed by atoms with Gasteiger partial charge in [0, 0.05) is 12.3 Å². The summed E-state index contributed by atoms with van der Waals surface area (Å²) >= 11 is 4.14. The zero-order chi connectivity index (χ0) is 13.1. The monoisotopic (exact) mass is 260 g/mol. The summed E-state index contributed by atoms with van der Waals surface area (Å²) in [6.45, 7) is 0. The quantitative estimate of drug-likeness (QED) is 0.799. The first-order chi connectivity index (χ1) is 8.65. The molecule has 1 aliphatic heterocycles. The van der Waals surface area contributed by atoms with Crippen molar-refractivity contribution >= 4 is 18.5 Å². The van der Waals surface area contributed by atoms with Gasteiger partial charge in [-0.05, 0) is 17.7 Å². The van der Waals surface area contributed by atoms with Crippen LogP contribution in [0.25, 0.3) is 0 Å². The number of nitriles is 1. The molecule has 92 valence electrons. The molecule has 1 N–H and O–H groups in total. The Hall–Kier alpha value is -1.93. The van der Waals surface area contributed by atoms with Crippen LogP contribution in [0, 0.1) is 11.3 Å². The predicted octanol–water partition coefficient (Wildman–Crippen LogP) is 1.96. The van der Waals surface area contributed by atoms with E-state index in [9.17, 15) is 4.79 Å². The van der Waals surface area contributed by atoms with E-state index >= 15 is 0 Å². The molecule has 1 heterocycles. The maximum Gasteiger partial charge on any atom is 0.225 e. The molecule has 2 rings (SSSR count).